The van der Waals surface area contributed by atoms with E-state index in [2.05, 4.69) is 20.3 Å². The van der Waals surface area contributed by atoms with Crippen LogP contribution in [0.1, 0.15) is 15.9 Å². The van der Waals surface area contributed by atoms with Crippen molar-refractivity contribution in [2.24, 2.45) is 17.8 Å². The Balaban J connectivity index is 1.81. The Morgan fingerprint density at radius 2 is 1.94 bits per heavy atom. The van der Waals surface area contributed by atoms with E-state index in [1.54, 1.807) is 6.07 Å². The van der Waals surface area contributed by atoms with E-state index in [4.69, 9.17) is 5.73 Å². The van der Waals surface area contributed by atoms with E-state index in [0.29, 0.717) is 11.6 Å². The molecule has 3 aromatic rings. The minimum Gasteiger partial charge on any atom is -0.398 e. The predicted octanol–water partition coefficient (Wildman–Crippen LogP) is 3.06. The Hall–Kier alpha value is -4.28. The lowest BCUT2D eigenvalue weighted by Crippen LogP contribution is -2.22. The first-order valence-corrected chi connectivity index (χ1v) is 9.11. The van der Waals surface area contributed by atoms with E-state index < -0.39 is 17.8 Å². The van der Waals surface area contributed by atoms with Crippen LogP contribution in [0.15, 0.2) is 77.0 Å². The van der Waals surface area contributed by atoms with E-state index in [1.165, 1.54) is 60.5 Å². The Morgan fingerprint density at radius 3 is 2.53 bits per heavy atom. The molecule has 0 saturated heterocycles. The lowest BCUT2D eigenvalue weighted by atomic mass is 10.1. The molecule has 1 amide bonds. The first kappa shape index (κ1) is 22.4. The van der Waals surface area contributed by atoms with E-state index in [-0.39, 0.29) is 28.3 Å². The highest BCUT2D eigenvalue weighted by molar-refractivity contribution is 6.05. The number of allylic oxidation sites excluding steroid dienone is 1. The minimum atomic E-state index is -4.76. The van der Waals surface area contributed by atoms with Gasteiger partial charge in [0.15, 0.2) is 0 Å². The largest absolute Gasteiger partial charge is 0.433 e. The van der Waals surface area contributed by atoms with Crippen LogP contribution >= 0.6 is 0 Å². The summed E-state index contributed by atoms with van der Waals surface area (Å²) in [5.41, 5.74) is 4.55. The summed E-state index contributed by atoms with van der Waals surface area (Å²) in [6.07, 6.45) is 1.19. The van der Waals surface area contributed by atoms with Crippen molar-refractivity contribution >= 4 is 28.8 Å². The smallest absolute Gasteiger partial charge is 0.398 e. The summed E-state index contributed by atoms with van der Waals surface area (Å²) in [6, 6.07) is 8.24. The van der Waals surface area contributed by atoms with Crippen LogP contribution in [0, 0.1) is 0 Å². The summed E-state index contributed by atoms with van der Waals surface area (Å²) in [6.45, 7) is 0. The van der Waals surface area contributed by atoms with Crippen molar-refractivity contribution in [2.75, 3.05) is 5.32 Å². The minimum absolute atomic E-state index is 0.0901. The molecule has 0 spiro atoms. The summed E-state index contributed by atoms with van der Waals surface area (Å²) in [5.74, 6) is -0.436. The van der Waals surface area contributed by atoms with Gasteiger partial charge < -0.3 is 15.6 Å². The van der Waals surface area contributed by atoms with Gasteiger partial charge in [-0.3, -0.25) is 14.6 Å². The number of amides is 1. The number of rotatable bonds is 5. The maximum absolute atomic E-state index is 13.4. The topological polar surface area (TPSA) is 115 Å². The molecule has 0 aliphatic heterocycles. The van der Waals surface area contributed by atoms with Gasteiger partial charge in [0.25, 0.3) is 5.91 Å². The fourth-order valence-corrected chi connectivity index (χ4v) is 2.52. The van der Waals surface area contributed by atoms with Gasteiger partial charge in [-0.2, -0.15) is 13.2 Å². The van der Waals surface area contributed by atoms with Crippen LogP contribution in [0.5, 0.6) is 0 Å². The number of anilines is 1. The number of carbonyl (C=O) groups excluding carboxylic acids is 1. The molecule has 8 nitrogen and oxygen atoms in total. The zero-order valence-corrected chi connectivity index (χ0v) is 16.7. The number of alkyl halides is 3. The summed E-state index contributed by atoms with van der Waals surface area (Å²) in [7, 11) is 1.50. The number of aryl methyl sites for hydroxylation is 1. The second-order valence-electron chi connectivity index (χ2n) is 6.56. The van der Waals surface area contributed by atoms with Crippen LogP contribution in [0.25, 0.3) is 5.70 Å². The van der Waals surface area contributed by atoms with Gasteiger partial charge in [0.05, 0.1) is 17.4 Å². The monoisotopic (exact) mass is 442 g/mol. The van der Waals surface area contributed by atoms with Crippen molar-refractivity contribution < 1.29 is 18.0 Å². The summed E-state index contributed by atoms with van der Waals surface area (Å²) in [5, 5.41) is 2.49. The highest BCUT2D eigenvalue weighted by Crippen LogP contribution is 2.24. The molecule has 3 heterocycles. The molecule has 0 saturated carbocycles. The van der Waals surface area contributed by atoms with Gasteiger partial charge in [-0.25, -0.2) is 9.98 Å². The average Bonchev–Trinajstić information content (AvgIpc) is 2.76. The third-order valence-electron chi connectivity index (χ3n) is 4.16. The number of carbonyl (C=O) groups is 1. The molecule has 0 bridgehead atoms. The Kier molecular flexibility index (Phi) is 6.47. The van der Waals surface area contributed by atoms with Crippen molar-refractivity contribution in [3.05, 3.63) is 88.7 Å². The molecule has 3 rings (SSSR count). The average molecular weight is 442 g/mol. The Labute approximate surface area is 180 Å². The molecule has 0 atom stereocenters. The van der Waals surface area contributed by atoms with Gasteiger partial charge in [0.2, 0.25) is 5.56 Å². The molecule has 0 aliphatic rings. The standard InChI is InChI=1S/C21H17F3N6O2/c1-30-12-14(4-7-19(30)31)20(32)29-18-6-5-15(11-27-18)28-17(21(22,23)24)9-16(25)13-3-2-8-26-10-13/h2-12H,25H2,1H3,(H,27,29,32). The molecule has 3 aromatic heterocycles. The van der Waals surface area contributed by atoms with Crippen molar-refractivity contribution in [3.63, 3.8) is 0 Å². The lowest BCUT2D eigenvalue weighted by Gasteiger charge is -2.09. The van der Waals surface area contributed by atoms with Crippen LogP contribution < -0.4 is 16.6 Å². The molecule has 0 aliphatic carbocycles. The normalized spacial score (nSPS) is 12.5. The van der Waals surface area contributed by atoms with Crippen molar-refractivity contribution in [1.29, 1.82) is 0 Å². The fraction of sp³-hybridized carbons (Fsp3) is 0.0952. The fourth-order valence-electron chi connectivity index (χ4n) is 2.52. The Bertz CT molecular complexity index is 1230. The van der Waals surface area contributed by atoms with Gasteiger partial charge in [-0.1, -0.05) is 0 Å². The summed E-state index contributed by atoms with van der Waals surface area (Å²) >= 11 is 0. The number of nitrogens with two attached hydrogens (primary N) is 1. The number of nitrogens with one attached hydrogen (secondary N) is 1. The van der Waals surface area contributed by atoms with Crippen LogP contribution in [0.2, 0.25) is 0 Å². The molecule has 0 unspecified atom stereocenters. The van der Waals surface area contributed by atoms with Crippen molar-refractivity contribution in [1.82, 2.24) is 14.5 Å². The van der Waals surface area contributed by atoms with Crippen LogP contribution in [-0.2, 0) is 7.05 Å². The number of pyridine rings is 3. The molecule has 164 valence electrons. The molecule has 3 N–H and O–H groups in total. The highest BCUT2D eigenvalue weighted by atomic mass is 19.4. The lowest BCUT2D eigenvalue weighted by molar-refractivity contribution is -0.0576. The van der Waals surface area contributed by atoms with Gasteiger partial charge in [0, 0.05) is 43.0 Å². The van der Waals surface area contributed by atoms with E-state index >= 15 is 0 Å². The second kappa shape index (κ2) is 9.25. The first-order chi connectivity index (χ1) is 15.1. The zero-order valence-electron chi connectivity index (χ0n) is 16.7. The maximum Gasteiger partial charge on any atom is 0.433 e. The number of nitrogens with zero attached hydrogens (tertiary/aromatic N) is 4. The first-order valence-electron chi connectivity index (χ1n) is 9.11. The van der Waals surface area contributed by atoms with Crippen LogP contribution in [-0.4, -0.2) is 32.3 Å². The van der Waals surface area contributed by atoms with Crippen molar-refractivity contribution in [2.45, 2.75) is 6.18 Å². The van der Waals surface area contributed by atoms with Crippen LogP contribution in [0.3, 0.4) is 0 Å². The van der Waals surface area contributed by atoms with E-state index in [9.17, 15) is 22.8 Å². The molecule has 32 heavy (non-hydrogen) atoms. The number of hydrogen-bond acceptors (Lipinski definition) is 6. The van der Waals surface area contributed by atoms with Gasteiger partial charge >= 0.3 is 6.18 Å². The van der Waals surface area contributed by atoms with E-state index in [1.807, 2.05) is 0 Å². The number of aliphatic imine (C=N–C) groups is 1. The number of aromatic nitrogens is 3. The van der Waals surface area contributed by atoms with Crippen molar-refractivity contribution in [3.8, 4) is 0 Å². The molecule has 11 heteroatoms. The van der Waals surface area contributed by atoms with Gasteiger partial charge in [-0.15, -0.1) is 0 Å². The van der Waals surface area contributed by atoms with E-state index in [0.717, 1.165) is 6.20 Å². The molecular formula is C21H17F3N6O2. The Morgan fingerprint density at radius 1 is 1.16 bits per heavy atom. The number of halogens is 3. The SMILES string of the molecule is Cn1cc(C(=O)Nc2ccc(N=C(C=C(N)c3cccnc3)C(F)(F)F)cn2)ccc1=O. The third-order valence-corrected chi connectivity index (χ3v) is 4.16. The predicted molar refractivity (Wildman–Crippen MR) is 113 cm³/mol. The van der Waals surface area contributed by atoms with Gasteiger partial charge in [0.1, 0.15) is 11.5 Å². The highest BCUT2D eigenvalue weighted by Gasteiger charge is 2.34. The third kappa shape index (κ3) is 5.65. The summed E-state index contributed by atoms with van der Waals surface area (Å²) < 4.78 is 41.5. The second-order valence-corrected chi connectivity index (χ2v) is 6.56. The number of hydrogen-bond donors (Lipinski definition) is 2. The molecule has 0 radical (unpaired) electrons. The molecule has 0 fully saturated rings. The molecular weight excluding hydrogens is 425 g/mol. The van der Waals surface area contributed by atoms with Gasteiger partial charge in [-0.05, 0) is 36.4 Å². The zero-order chi connectivity index (χ0) is 23.3. The van der Waals surface area contributed by atoms with Crippen LogP contribution in [0.4, 0.5) is 24.7 Å². The maximum atomic E-state index is 13.4. The quantitative estimate of drug-likeness (QED) is 0.590. The molecule has 0 aromatic carbocycles. The summed E-state index contributed by atoms with van der Waals surface area (Å²) in [4.78, 5) is 35.0.